The van der Waals surface area contributed by atoms with E-state index in [9.17, 15) is 0 Å². The van der Waals surface area contributed by atoms with E-state index in [0.29, 0.717) is 0 Å². The lowest BCUT2D eigenvalue weighted by Crippen LogP contribution is -1.93. The number of allylic oxidation sites excluding steroid dienone is 1. The van der Waals surface area contributed by atoms with Crippen LogP contribution in [0.5, 0.6) is 0 Å². The summed E-state index contributed by atoms with van der Waals surface area (Å²) >= 11 is 0. The van der Waals surface area contributed by atoms with Crippen LogP contribution in [0.2, 0.25) is 0 Å². The molecular formula is C15H16N2. The molecule has 0 heterocycles. The average Bonchev–Trinajstić information content (AvgIpc) is 2.34. The molecule has 0 unspecified atom stereocenters. The maximum atomic E-state index is 5.95. The van der Waals surface area contributed by atoms with Crippen molar-refractivity contribution in [2.24, 2.45) is 0 Å². The lowest BCUT2D eigenvalue weighted by molar-refractivity contribution is 1.28. The van der Waals surface area contributed by atoms with Gasteiger partial charge in [0, 0.05) is 16.9 Å². The average molecular weight is 224 g/mol. The molecule has 0 spiro atoms. The highest BCUT2D eigenvalue weighted by atomic mass is 14.6. The first kappa shape index (κ1) is 11.3. The first-order valence-electron chi connectivity index (χ1n) is 5.56. The van der Waals surface area contributed by atoms with E-state index in [1.807, 2.05) is 24.3 Å². The Kier molecular flexibility index (Phi) is 3.15. The molecule has 0 aliphatic heterocycles. The van der Waals surface area contributed by atoms with Crippen LogP contribution in [0.1, 0.15) is 5.56 Å². The molecule has 2 aromatic rings. The maximum absolute atomic E-state index is 5.95. The molecule has 2 rings (SSSR count). The second kappa shape index (κ2) is 4.74. The van der Waals surface area contributed by atoms with Crippen molar-refractivity contribution in [3.8, 4) is 11.1 Å². The van der Waals surface area contributed by atoms with Crippen molar-refractivity contribution in [3.05, 3.63) is 60.7 Å². The number of anilines is 2. The summed E-state index contributed by atoms with van der Waals surface area (Å²) in [6.45, 7) is 3.73. The molecule has 0 saturated carbocycles. The smallest absolute Gasteiger partial charge is 0.0395 e. The molecule has 2 heteroatoms. The molecule has 0 aliphatic rings. The van der Waals surface area contributed by atoms with Gasteiger partial charge in [-0.05, 0) is 35.7 Å². The fraction of sp³-hybridized carbons (Fsp3) is 0.0667. The van der Waals surface area contributed by atoms with Crippen molar-refractivity contribution < 1.29 is 0 Å². The molecule has 0 bridgehead atoms. The molecule has 0 fully saturated rings. The number of benzene rings is 2. The fourth-order valence-electron chi connectivity index (χ4n) is 1.81. The quantitative estimate of drug-likeness (QED) is 0.621. The van der Waals surface area contributed by atoms with Crippen LogP contribution in [0, 0.1) is 0 Å². The zero-order valence-electron chi connectivity index (χ0n) is 9.69. The third-order valence-electron chi connectivity index (χ3n) is 2.72. The largest absolute Gasteiger partial charge is 0.399 e. The van der Waals surface area contributed by atoms with Crippen LogP contribution < -0.4 is 11.5 Å². The van der Waals surface area contributed by atoms with E-state index < -0.39 is 0 Å². The van der Waals surface area contributed by atoms with E-state index in [4.69, 9.17) is 11.5 Å². The molecule has 0 aromatic heterocycles. The molecule has 0 atom stereocenters. The van der Waals surface area contributed by atoms with Gasteiger partial charge >= 0.3 is 0 Å². The number of nitrogens with two attached hydrogens (primary N) is 2. The number of nitrogen functional groups attached to an aromatic ring is 2. The van der Waals surface area contributed by atoms with Crippen LogP contribution in [0.25, 0.3) is 11.1 Å². The summed E-state index contributed by atoms with van der Waals surface area (Å²) in [7, 11) is 0. The Bertz CT molecular complexity index is 527. The summed E-state index contributed by atoms with van der Waals surface area (Å²) in [5.41, 5.74) is 16.5. The van der Waals surface area contributed by atoms with Gasteiger partial charge in [0.05, 0.1) is 0 Å². The van der Waals surface area contributed by atoms with Crippen molar-refractivity contribution >= 4 is 11.4 Å². The van der Waals surface area contributed by atoms with E-state index in [-0.39, 0.29) is 0 Å². The monoisotopic (exact) mass is 224 g/mol. The van der Waals surface area contributed by atoms with E-state index in [1.165, 1.54) is 5.56 Å². The Morgan fingerprint density at radius 2 is 1.71 bits per heavy atom. The highest BCUT2D eigenvalue weighted by Crippen LogP contribution is 2.28. The molecule has 0 amide bonds. The summed E-state index contributed by atoms with van der Waals surface area (Å²) in [4.78, 5) is 0. The molecule has 0 saturated heterocycles. The lowest BCUT2D eigenvalue weighted by Gasteiger charge is -2.07. The highest BCUT2D eigenvalue weighted by Gasteiger charge is 2.02. The fourth-order valence-corrected chi connectivity index (χ4v) is 1.81. The summed E-state index contributed by atoms with van der Waals surface area (Å²) in [5.74, 6) is 0. The van der Waals surface area contributed by atoms with Gasteiger partial charge in [-0.3, -0.25) is 0 Å². The van der Waals surface area contributed by atoms with Crippen LogP contribution in [-0.4, -0.2) is 0 Å². The van der Waals surface area contributed by atoms with Gasteiger partial charge in [0.25, 0.3) is 0 Å². The molecule has 4 N–H and O–H groups in total. The van der Waals surface area contributed by atoms with Crippen molar-refractivity contribution in [1.29, 1.82) is 0 Å². The minimum atomic E-state index is 0.726. The summed E-state index contributed by atoms with van der Waals surface area (Å²) in [6, 6.07) is 13.8. The number of hydrogen-bond acceptors (Lipinski definition) is 2. The summed E-state index contributed by atoms with van der Waals surface area (Å²) < 4.78 is 0. The van der Waals surface area contributed by atoms with Gasteiger partial charge in [-0.1, -0.05) is 30.3 Å². The normalized spacial score (nSPS) is 10.1. The minimum absolute atomic E-state index is 0.726. The zero-order chi connectivity index (χ0) is 12.3. The molecule has 17 heavy (non-hydrogen) atoms. The highest BCUT2D eigenvalue weighted by molar-refractivity contribution is 5.79. The van der Waals surface area contributed by atoms with E-state index in [1.54, 1.807) is 0 Å². The van der Waals surface area contributed by atoms with Gasteiger partial charge in [0.15, 0.2) is 0 Å². The zero-order valence-corrected chi connectivity index (χ0v) is 9.69. The lowest BCUT2D eigenvalue weighted by atomic mass is 10.0. The van der Waals surface area contributed by atoms with Crippen molar-refractivity contribution in [2.45, 2.75) is 6.42 Å². The van der Waals surface area contributed by atoms with Crippen LogP contribution in [-0.2, 0) is 6.42 Å². The Morgan fingerprint density at radius 1 is 1.00 bits per heavy atom. The minimum Gasteiger partial charge on any atom is -0.399 e. The van der Waals surface area contributed by atoms with Crippen molar-refractivity contribution in [3.63, 3.8) is 0 Å². The second-order valence-electron chi connectivity index (χ2n) is 4.04. The Balaban J connectivity index is 2.39. The van der Waals surface area contributed by atoms with Crippen LogP contribution in [0.15, 0.2) is 55.1 Å². The van der Waals surface area contributed by atoms with Gasteiger partial charge in [-0.2, -0.15) is 0 Å². The van der Waals surface area contributed by atoms with E-state index in [0.717, 1.165) is 28.9 Å². The van der Waals surface area contributed by atoms with Crippen molar-refractivity contribution in [1.82, 2.24) is 0 Å². The Hall–Kier alpha value is -2.22. The predicted octanol–water partition coefficient (Wildman–Crippen LogP) is 3.25. The first-order chi connectivity index (χ1) is 8.20. The summed E-state index contributed by atoms with van der Waals surface area (Å²) in [5, 5.41) is 0. The van der Waals surface area contributed by atoms with Gasteiger partial charge in [-0.15, -0.1) is 6.58 Å². The molecule has 0 aliphatic carbocycles. The first-order valence-corrected chi connectivity index (χ1v) is 5.56. The van der Waals surface area contributed by atoms with Crippen molar-refractivity contribution in [2.75, 3.05) is 11.5 Å². The van der Waals surface area contributed by atoms with E-state index >= 15 is 0 Å². The second-order valence-corrected chi connectivity index (χ2v) is 4.04. The third kappa shape index (κ3) is 2.48. The Labute approximate surface area is 102 Å². The van der Waals surface area contributed by atoms with Gasteiger partial charge < -0.3 is 11.5 Å². The van der Waals surface area contributed by atoms with E-state index in [2.05, 4.69) is 30.8 Å². The summed E-state index contributed by atoms with van der Waals surface area (Å²) in [6.07, 6.45) is 2.77. The molecule has 86 valence electrons. The maximum Gasteiger partial charge on any atom is 0.0395 e. The van der Waals surface area contributed by atoms with Gasteiger partial charge in [0.1, 0.15) is 0 Å². The molecule has 0 radical (unpaired) electrons. The Morgan fingerprint density at radius 3 is 2.35 bits per heavy atom. The third-order valence-corrected chi connectivity index (χ3v) is 2.72. The number of rotatable bonds is 3. The van der Waals surface area contributed by atoms with Gasteiger partial charge in [-0.25, -0.2) is 0 Å². The predicted molar refractivity (Wildman–Crippen MR) is 74.6 cm³/mol. The molecular weight excluding hydrogens is 208 g/mol. The molecule has 2 nitrogen and oxygen atoms in total. The van der Waals surface area contributed by atoms with Crippen LogP contribution in [0.4, 0.5) is 11.4 Å². The standard InChI is InChI=1S/C15H16N2/c1-2-3-11-4-6-12(7-5-11)14-10-13(16)8-9-15(14)17/h2,4-10H,1,3,16-17H2. The van der Waals surface area contributed by atoms with Crippen LogP contribution in [0.3, 0.4) is 0 Å². The SMILES string of the molecule is C=CCc1ccc(-c2cc(N)ccc2N)cc1. The number of hydrogen-bond donors (Lipinski definition) is 2. The van der Waals surface area contributed by atoms with Crippen LogP contribution >= 0.6 is 0 Å². The topological polar surface area (TPSA) is 52.0 Å². The molecule has 2 aromatic carbocycles. The van der Waals surface area contributed by atoms with Gasteiger partial charge in [0.2, 0.25) is 0 Å².